The molecule has 0 aromatic heterocycles. The van der Waals surface area contributed by atoms with Crippen LogP contribution in [0.3, 0.4) is 0 Å². The van der Waals surface area contributed by atoms with Crippen molar-refractivity contribution in [2.45, 2.75) is 0 Å². The molecule has 3 nitrogen and oxygen atoms in total. The summed E-state index contributed by atoms with van der Waals surface area (Å²) < 4.78 is 6.94. The van der Waals surface area contributed by atoms with E-state index in [1.807, 2.05) is 0 Å². The van der Waals surface area contributed by atoms with Gasteiger partial charge in [-0.2, -0.15) is 0 Å². The predicted octanol–water partition coefficient (Wildman–Crippen LogP) is 0.335. The third-order valence-corrected chi connectivity index (χ3v) is 11.7. The zero-order chi connectivity index (χ0) is 9.94. The van der Waals surface area contributed by atoms with Crippen LogP contribution in [0.4, 0.5) is 0 Å². The van der Waals surface area contributed by atoms with Gasteiger partial charge in [0.25, 0.3) is 0 Å². The molecule has 72 valence electrons. The summed E-state index contributed by atoms with van der Waals surface area (Å²) in [6, 6.07) is 0. The van der Waals surface area contributed by atoms with Crippen LogP contribution < -0.4 is 0 Å². The van der Waals surface area contributed by atoms with Crippen molar-refractivity contribution >= 4 is 13.9 Å². The number of hydrogen-bond acceptors (Lipinski definition) is 3. The third kappa shape index (κ3) is 1.91. The van der Waals surface area contributed by atoms with E-state index in [0.717, 1.165) is 0 Å². The molecule has 0 bridgehead atoms. The summed E-state index contributed by atoms with van der Waals surface area (Å²) in [6.45, 7) is 3.96. The molecule has 0 saturated carbocycles. The molecule has 0 aromatic carbocycles. The first kappa shape index (κ1) is 12.2. The van der Waals surface area contributed by atoms with Gasteiger partial charge in [-0.3, -0.25) is 0 Å². The Morgan fingerprint density at radius 1 is 0.833 bits per heavy atom. The summed E-state index contributed by atoms with van der Waals surface area (Å²) >= 11 is -2.28. The number of rotatable bonds is 4. The molecule has 0 atom stereocenters. The minimum atomic E-state index is -2.28. The second kappa shape index (κ2) is 4.41. The molecule has 0 saturated heterocycles. The Hall–Kier alpha value is 0.163. The van der Waals surface area contributed by atoms with E-state index in [2.05, 4.69) is 65.3 Å². The van der Waals surface area contributed by atoms with Crippen molar-refractivity contribution in [1.29, 1.82) is 0 Å². The van der Waals surface area contributed by atoms with Crippen LogP contribution in [0.25, 0.3) is 0 Å². The van der Waals surface area contributed by atoms with Gasteiger partial charge < -0.3 is 0 Å². The van der Waals surface area contributed by atoms with Crippen molar-refractivity contribution in [3.8, 4) is 0 Å². The molecule has 0 aliphatic carbocycles. The average molecular weight is 232 g/mol. The minimum absolute atomic E-state index is 2.12. The van der Waals surface area contributed by atoms with Crippen LogP contribution in [-0.2, 0) is 0 Å². The second-order valence-electron chi connectivity index (χ2n) is 3.57. The van der Waals surface area contributed by atoms with E-state index in [1.165, 1.54) is 0 Å². The van der Waals surface area contributed by atoms with Crippen molar-refractivity contribution in [3.05, 3.63) is 11.5 Å². The summed E-state index contributed by atoms with van der Waals surface area (Å²) in [5.41, 5.74) is 0. The zero-order valence-electron chi connectivity index (χ0n) is 9.13. The molecule has 0 aromatic rings. The molecule has 0 heterocycles. The van der Waals surface area contributed by atoms with Gasteiger partial charge in [-0.15, -0.1) is 0 Å². The normalized spacial score (nSPS) is 13.1. The maximum absolute atomic E-state index is 3.96. The van der Waals surface area contributed by atoms with Gasteiger partial charge in [0.1, 0.15) is 0 Å². The molecule has 12 heavy (non-hydrogen) atoms. The molecule has 0 radical (unpaired) electrons. The SMILES string of the molecule is C=[CH][Ge]([N](C)C)([N](C)C)[N](C)C. The fourth-order valence-corrected chi connectivity index (χ4v) is 9.08. The van der Waals surface area contributed by atoms with Gasteiger partial charge >= 0.3 is 79.3 Å². The van der Waals surface area contributed by atoms with Crippen molar-refractivity contribution in [1.82, 2.24) is 11.6 Å². The van der Waals surface area contributed by atoms with Gasteiger partial charge in [0.15, 0.2) is 0 Å². The van der Waals surface area contributed by atoms with Gasteiger partial charge in [-0.05, 0) is 0 Å². The van der Waals surface area contributed by atoms with E-state index in [4.69, 9.17) is 0 Å². The molecule has 0 aliphatic heterocycles. The summed E-state index contributed by atoms with van der Waals surface area (Å²) in [5, 5.41) is 0. The van der Waals surface area contributed by atoms with Gasteiger partial charge in [-0.25, -0.2) is 0 Å². The third-order valence-electron chi connectivity index (χ3n) is 2.25. The van der Waals surface area contributed by atoms with Crippen molar-refractivity contribution in [2.75, 3.05) is 42.3 Å². The Balaban J connectivity index is 4.89. The van der Waals surface area contributed by atoms with Crippen LogP contribution >= 0.6 is 0 Å². The van der Waals surface area contributed by atoms with E-state index in [0.29, 0.717) is 0 Å². The van der Waals surface area contributed by atoms with Crippen molar-refractivity contribution in [3.63, 3.8) is 0 Å². The Labute approximate surface area is 79.7 Å². The molecule has 0 amide bonds. The van der Waals surface area contributed by atoms with E-state index in [1.54, 1.807) is 0 Å². The average Bonchev–Trinajstić information content (AvgIpc) is 1.86. The van der Waals surface area contributed by atoms with Gasteiger partial charge in [0, 0.05) is 0 Å². The topological polar surface area (TPSA) is 9.72 Å². The standard InChI is InChI=1S/C8H21GeN3/c1-8-9(10(2)3,11(4)5)12(6)7/h8H,1H2,2-7H3. The Bertz CT molecular complexity index is 133. The number of hydrogen-bond donors (Lipinski definition) is 0. The maximum atomic E-state index is 3.96. The van der Waals surface area contributed by atoms with E-state index >= 15 is 0 Å². The Morgan fingerprint density at radius 2 is 1.08 bits per heavy atom. The molecular weight excluding hydrogens is 211 g/mol. The molecule has 4 heteroatoms. The summed E-state index contributed by atoms with van der Waals surface area (Å²) in [7, 11) is 12.8. The van der Waals surface area contributed by atoms with Crippen LogP contribution in [0.15, 0.2) is 11.5 Å². The molecule has 0 unspecified atom stereocenters. The van der Waals surface area contributed by atoms with Crippen LogP contribution in [-0.4, -0.2) is 67.8 Å². The van der Waals surface area contributed by atoms with Crippen LogP contribution in [0.1, 0.15) is 0 Å². The Morgan fingerprint density at radius 3 is 1.08 bits per heavy atom. The Kier molecular flexibility index (Phi) is 4.47. The van der Waals surface area contributed by atoms with E-state index in [-0.39, 0.29) is 0 Å². The first-order chi connectivity index (χ1) is 5.39. The number of nitrogens with zero attached hydrogens (tertiary/aromatic N) is 3. The summed E-state index contributed by atoms with van der Waals surface area (Å²) in [6.07, 6.45) is 0. The fraction of sp³-hybridized carbons (Fsp3) is 0.750. The van der Waals surface area contributed by atoms with E-state index in [9.17, 15) is 0 Å². The van der Waals surface area contributed by atoms with Crippen molar-refractivity contribution in [2.24, 2.45) is 0 Å². The van der Waals surface area contributed by atoms with Gasteiger partial charge in [-0.1, -0.05) is 0 Å². The second-order valence-corrected chi connectivity index (χ2v) is 12.9. The predicted molar refractivity (Wildman–Crippen MR) is 57.0 cm³/mol. The van der Waals surface area contributed by atoms with Crippen molar-refractivity contribution < 1.29 is 0 Å². The van der Waals surface area contributed by atoms with E-state index < -0.39 is 13.9 Å². The molecule has 0 spiro atoms. The molecular formula is C8H21GeN3. The summed E-state index contributed by atoms with van der Waals surface area (Å²) in [4.78, 5) is 2.12. The molecule has 0 fully saturated rings. The van der Waals surface area contributed by atoms with Gasteiger partial charge in [0.2, 0.25) is 0 Å². The quantitative estimate of drug-likeness (QED) is 0.647. The van der Waals surface area contributed by atoms with Crippen LogP contribution in [0.2, 0.25) is 0 Å². The molecule has 0 aliphatic rings. The van der Waals surface area contributed by atoms with Crippen LogP contribution in [0, 0.1) is 0 Å². The first-order valence-corrected chi connectivity index (χ1v) is 8.08. The summed E-state index contributed by atoms with van der Waals surface area (Å²) in [5.74, 6) is 0. The zero-order valence-corrected chi connectivity index (χ0v) is 11.2. The van der Waals surface area contributed by atoms with Crippen LogP contribution in [0.5, 0.6) is 0 Å². The molecule has 0 rings (SSSR count). The monoisotopic (exact) mass is 233 g/mol. The molecule has 0 N–H and O–H groups in total. The first-order valence-electron chi connectivity index (χ1n) is 4.05. The fourth-order valence-electron chi connectivity index (χ4n) is 1.75. The van der Waals surface area contributed by atoms with Gasteiger partial charge in [0.05, 0.1) is 0 Å².